The van der Waals surface area contributed by atoms with Gasteiger partial charge in [-0.3, -0.25) is 0 Å². The molecule has 35 heavy (non-hydrogen) atoms. The first kappa shape index (κ1) is 34.2. The summed E-state index contributed by atoms with van der Waals surface area (Å²) in [4.78, 5) is 11.7. The number of ether oxygens (including phenoxy) is 1. The molecule has 0 rings (SSSR count). The molecule has 0 aliphatic heterocycles. The lowest BCUT2D eigenvalue weighted by Gasteiger charge is -2.33. The van der Waals surface area contributed by atoms with E-state index < -0.39 is 0 Å². The smallest absolute Gasteiger partial charge is 0.333 e. The fraction of sp³-hybridized carbons (Fsp3) is 0.906. The second kappa shape index (κ2) is 23.6. The zero-order valence-electron chi connectivity index (χ0n) is 24.8. The number of rotatable bonds is 26. The minimum atomic E-state index is -0.258. The van der Waals surface area contributed by atoms with Crippen molar-refractivity contribution in [1.82, 2.24) is 0 Å². The maximum atomic E-state index is 11.7. The van der Waals surface area contributed by atoms with E-state index in [0.29, 0.717) is 12.2 Å². The topological polar surface area (TPSA) is 26.3 Å². The Kier molecular flexibility index (Phi) is 23.0. The molecule has 0 spiro atoms. The molecular formula is C32H64NO2+. The van der Waals surface area contributed by atoms with Crippen molar-refractivity contribution in [3.8, 4) is 0 Å². The third-order valence-electron chi connectivity index (χ3n) is 7.46. The third-order valence-corrected chi connectivity index (χ3v) is 7.46. The number of likely N-dealkylation sites (N-methyl/N-ethyl adjacent to an activating group) is 1. The number of quaternary nitrogens is 1. The van der Waals surface area contributed by atoms with E-state index in [4.69, 9.17) is 4.74 Å². The van der Waals surface area contributed by atoms with E-state index >= 15 is 0 Å². The first-order valence-corrected chi connectivity index (χ1v) is 15.5. The first-order chi connectivity index (χ1) is 16.8. The quantitative estimate of drug-likeness (QED) is 0.0517. The van der Waals surface area contributed by atoms with Crippen molar-refractivity contribution in [1.29, 1.82) is 0 Å². The normalized spacial score (nSPS) is 12.6. The van der Waals surface area contributed by atoms with Crippen molar-refractivity contribution in [2.24, 2.45) is 5.92 Å². The van der Waals surface area contributed by atoms with Crippen molar-refractivity contribution in [3.05, 3.63) is 12.2 Å². The van der Waals surface area contributed by atoms with Gasteiger partial charge in [-0.15, -0.1) is 0 Å². The van der Waals surface area contributed by atoms with Gasteiger partial charge in [-0.1, -0.05) is 136 Å². The number of esters is 1. The van der Waals surface area contributed by atoms with Crippen LogP contribution in [0.5, 0.6) is 0 Å². The molecule has 0 aromatic rings. The predicted octanol–water partition coefficient (Wildman–Crippen LogP) is 9.64. The molecule has 1 atom stereocenters. The minimum absolute atomic E-state index is 0.258. The predicted molar refractivity (Wildman–Crippen MR) is 155 cm³/mol. The summed E-state index contributed by atoms with van der Waals surface area (Å²) >= 11 is 0. The number of carbonyl (C=O) groups excluding carboxylic acids is 1. The van der Waals surface area contributed by atoms with Crippen molar-refractivity contribution in [3.63, 3.8) is 0 Å². The monoisotopic (exact) mass is 494 g/mol. The van der Waals surface area contributed by atoms with Crippen LogP contribution in [-0.4, -0.2) is 44.2 Å². The van der Waals surface area contributed by atoms with E-state index in [-0.39, 0.29) is 5.97 Å². The van der Waals surface area contributed by atoms with Gasteiger partial charge < -0.3 is 9.22 Å². The van der Waals surface area contributed by atoms with Crippen molar-refractivity contribution < 1.29 is 14.0 Å². The second-order valence-electron chi connectivity index (χ2n) is 11.9. The van der Waals surface area contributed by atoms with E-state index in [1.165, 1.54) is 135 Å². The average Bonchev–Trinajstić information content (AvgIpc) is 2.81. The number of hydrogen-bond acceptors (Lipinski definition) is 2. The summed E-state index contributed by atoms with van der Waals surface area (Å²) in [5, 5.41) is 0. The Morgan fingerprint density at radius 3 is 1.43 bits per heavy atom. The molecule has 0 radical (unpaired) electrons. The molecule has 0 aromatic heterocycles. The summed E-state index contributed by atoms with van der Waals surface area (Å²) in [7, 11) is 4.60. The zero-order valence-corrected chi connectivity index (χ0v) is 24.8. The van der Waals surface area contributed by atoms with Gasteiger partial charge in [-0.2, -0.15) is 0 Å². The van der Waals surface area contributed by atoms with E-state index in [9.17, 15) is 4.79 Å². The first-order valence-electron chi connectivity index (χ1n) is 15.5. The molecule has 0 aliphatic carbocycles. The van der Waals surface area contributed by atoms with Crippen LogP contribution in [0.25, 0.3) is 0 Å². The Labute approximate surface area is 221 Å². The molecule has 3 nitrogen and oxygen atoms in total. The largest absolute Gasteiger partial charge is 0.456 e. The van der Waals surface area contributed by atoms with Gasteiger partial charge in [0.15, 0.2) is 0 Å². The van der Waals surface area contributed by atoms with Crippen LogP contribution in [0.3, 0.4) is 0 Å². The van der Waals surface area contributed by atoms with Crippen LogP contribution in [0.2, 0.25) is 0 Å². The fourth-order valence-electron chi connectivity index (χ4n) is 5.11. The summed E-state index contributed by atoms with van der Waals surface area (Å²) in [6, 6.07) is 0. The number of unbranched alkanes of at least 4 members (excludes halogenated alkanes) is 16. The van der Waals surface area contributed by atoms with Crippen LogP contribution in [0.4, 0.5) is 0 Å². The summed E-state index contributed by atoms with van der Waals surface area (Å²) < 4.78 is 6.32. The number of hydrogen-bond donors (Lipinski definition) is 0. The summed E-state index contributed by atoms with van der Waals surface area (Å²) in [6.07, 6.45) is 28.0. The molecular weight excluding hydrogens is 430 g/mol. The highest BCUT2D eigenvalue weighted by Gasteiger charge is 2.22. The Morgan fingerprint density at radius 1 is 0.686 bits per heavy atom. The summed E-state index contributed by atoms with van der Waals surface area (Å²) in [5.74, 6) is 0.529. The molecule has 0 saturated heterocycles. The minimum Gasteiger partial charge on any atom is -0.456 e. The van der Waals surface area contributed by atoms with Crippen LogP contribution in [0, 0.1) is 5.92 Å². The molecule has 1 unspecified atom stereocenters. The van der Waals surface area contributed by atoms with Gasteiger partial charge in [0.1, 0.15) is 13.2 Å². The van der Waals surface area contributed by atoms with Gasteiger partial charge in [-0.05, 0) is 19.8 Å². The Balaban J connectivity index is 4.29. The number of carbonyl (C=O) groups is 1. The van der Waals surface area contributed by atoms with Gasteiger partial charge in [0.2, 0.25) is 0 Å². The summed E-state index contributed by atoms with van der Waals surface area (Å²) in [5.41, 5.74) is 0.490. The van der Waals surface area contributed by atoms with Crippen molar-refractivity contribution in [2.45, 2.75) is 149 Å². The molecule has 0 heterocycles. The highest BCUT2D eigenvalue weighted by atomic mass is 16.5. The molecule has 3 heteroatoms. The molecule has 208 valence electrons. The Hall–Kier alpha value is -0.830. The van der Waals surface area contributed by atoms with Crippen LogP contribution in [0.15, 0.2) is 12.2 Å². The van der Waals surface area contributed by atoms with Crippen LogP contribution in [0.1, 0.15) is 149 Å². The molecule has 0 amide bonds. The van der Waals surface area contributed by atoms with Crippen molar-refractivity contribution >= 4 is 5.97 Å². The van der Waals surface area contributed by atoms with Gasteiger partial charge in [0.25, 0.3) is 0 Å². The highest BCUT2D eigenvalue weighted by molar-refractivity contribution is 5.86. The lowest BCUT2D eigenvalue weighted by molar-refractivity contribution is -0.894. The Morgan fingerprint density at radius 2 is 1.06 bits per heavy atom. The molecule has 0 bridgehead atoms. The average molecular weight is 495 g/mol. The van der Waals surface area contributed by atoms with Gasteiger partial charge >= 0.3 is 5.97 Å². The van der Waals surface area contributed by atoms with Crippen LogP contribution < -0.4 is 0 Å². The van der Waals surface area contributed by atoms with Gasteiger partial charge in [0.05, 0.1) is 20.6 Å². The van der Waals surface area contributed by atoms with Crippen molar-refractivity contribution in [2.75, 3.05) is 33.8 Å². The molecule has 0 N–H and O–H groups in total. The zero-order chi connectivity index (χ0) is 26.2. The van der Waals surface area contributed by atoms with E-state index in [1.54, 1.807) is 6.92 Å². The number of nitrogens with zero attached hydrogens (tertiary/aromatic N) is 1. The van der Waals surface area contributed by atoms with E-state index in [1.807, 2.05) is 0 Å². The molecule has 0 fully saturated rings. The SMILES string of the molecule is C=C(C)C(=O)OCC[N+](C)(C)CC(CCCCCCCCCC)CCCCCCCCCCCC. The molecule has 0 saturated carbocycles. The fourth-order valence-corrected chi connectivity index (χ4v) is 5.11. The maximum Gasteiger partial charge on any atom is 0.333 e. The van der Waals surface area contributed by atoms with E-state index in [0.717, 1.165) is 16.9 Å². The molecule has 0 aliphatic rings. The maximum absolute atomic E-state index is 11.7. The van der Waals surface area contributed by atoms with Crippen LogP contribution in [-0.2, 0) is 9.53 Å². The Bertz CT molecular complexity index is 500. The lowest BCUT2D eigenvalue weighted by Crippen LogP contribution is -2.46. The third kappa shape index (κ3) is 23.3. The van der Waals surface area contributed by atoms with Gasteiger partial charge in [-0.25, -0.2) is 4.79 Å². The standard InChI is InChI=1S/C32H64NO2/c1-7-9-11-13-15-17-18-20-22-24-26-31(25-23-21-19-16-14-12-10-8-2)29-33(5,6)27-28-35-32(34)30(3)4/h31H,3,7-29H2,1-2,4-6H3/q+1. The van der Waals surface area contributed by atoms with Crippen LogP contribution >= 0.6 is 0 Å². The lowest BCUT2D eigenvalue weighted by atomic mass is 9.93. The van der Waals surface area contributed by atoms with Gasteiger partial charge in [0, 0.05) is 11.5 Å². The second-order valence-corrected chi connectivity index (χ2v) is 11.9. The highest BCUT2D eigenvalue weighted by Crippen LogP contribution is 2.22. The summed E-state index contributed by atoms with van der Waals surface area (Å²) in [6.45, 7) is 12.5. The molecule has 0 aromatic carbocycles. The van der Waals surface area contributed by atoms with E-state index in [2.05, 4.69) is 34.5 Å².